The molecule has 0 aliphatic heterocycles. The summed E-state index contributed by atoms with van der Waals surface area (Å²) in [7, 11) is 3.11. The lowest BCUT2D eigenvalue weighted by Gasteiger charge is -2.14. The fraction of sp³-hybridized carbons (Fsp3) is 0.333. The van der Waals surface area contributed by atoms with Gasteiger partial charge in [0.1, 0.15) is 5.75 Å². The summed E-state index contributed by atoms with van der Waals surface area (Å²) in [6.07, 6.45) is 3.15. The smallest absolute Gasteiger partial charge is 0.316 e. The van der Waals surface area contributed by atoms with Crippen molar-refractivity contribution in [1.29, 1.82) is 0 Å². The molecule has 0 bridgehead atoms. The molecule has 0 saturated carbocycles. The quantitative estimate of drug-likeness (QED) is 0.837. The number of rotatable bonds is 4. The highest BCUT2D eigenvalue weighted by atomic mass is 16.5. The Labute approximate surface area is 122 Å². The molecule has 21 heavy (non-hydrogen) atoms. The molecule has 2 N–H and O–H groups in total. The van der Waals surface area contributed by atoms with Gasteiger partial charge in [-0.25, -0.2) is 0 Å². The number of hydrogen-bond acceptors (Lipinski definition) is 4. The van der Waals surface area contributed by atoms with Crippen LogP contribution >= 0.6 is 0 Å². The molecule has 1 aromatic carbocycles. The molecule has 1 atom stereocenters. The van der Waals surface area contributed by atoms with E-state index in [1.807, 2.05) is 25.1 Å². The van der Waals surface area contributed by atoms with E-state index in [2.05, 4.69) is 0 Å². The summed E-state index contributed by atoms with van der Waals surface area (Å²) < 4.78 is 7.93. The Kier molecular flexibility index (Phi) is 4.28. The number of aromatic nitrogens is 2. The van der Waals surface area contributed by atoms with Crippen LogP contribution in [-0.4, -0.2) is 16.2 Å². The van der Waals surface area contributed by atoms with E-state index in [1.54, 1.807) is 26.6 Å². The van der Waals surface area contributed by atoms with E-state index >= 15 is 0 Å². The summed E-state index contributed by atoms with van der Waals surface area (Å²) in [6.45, 7) is 2.15. The van der Waals surface area contributed by atoms with Gasteiger partial charge < -0.3 is 19.6 Å². The first-order valence-electron chi connectivity index (χ1n) is 6.62. The highest BCUT2D eigenvalue weighted by molar-refractivity contribution is 5.38. The summed E-state index contributed by atoms with van der Waals surface area (Å²) in [5.41, 5.74) is 6.52. The Morgan fingerprint density at radius 1 is 1.24 bits per heavy atom. The van der Waals surface area contributed by atoms with Crippen molar-refractivity contribution >= 4 is 0 Å². The number of methoxy groups -OCH3 is 1. The Hall–Kier alpha value is -2.34. The SMILES string of the molecule is COc1ccc(C(C)N)cc1Cn1ccn(C)c(=O)c1=O. The van der Waals surface area contributed by atoms with E-state index in [-0.39, 0.29) is 12.6 Å². The van der Waals surface area contributed by atoms with Crippen molar-refractivity contribution in [3.05, 3.63) is 62.4 Å². The Morgan fingerprint density at radius 2 is 1.95 bits per heavy atom. The maximum Gasteiger partial charge on any atom is 0.316 e. The third kappa shape index (κ3) is 3.05. The molecule has 0 spiro atoms. The molecule has 1 unspecified atom stereocenters. The van der Waals surface area contributed by atoms with E-state index in [0.717, 1.165) is 11.1 Å². The lowest BCUT2D eigenvalue weighted by molar-refractivity contribution is 0.407. The van der Waals surface area contributed by atoms with Gasteiger partial charge in [0.15, 0.2) is 0 Å². The van der Waals surface area contributed by atoms with Crippen LogP contribution in [0.25, 0.3) is 0 Å². The second-order valence-electron chi connectivity index (χ2n) is 5.01. The highest BCUT2D eigenvalue weighted by Gasteiger charge is 2.10. The zero-order valence-electron chi connectivity index (χ0n) is 12.4. The molecular formula is C15H19N3O3. The first kappa shape index (κ1) is 15.1. The average molecular weight is 289 g/mol. The Balaban J connectivity index is 2.48. The lowest BCUT2D eigenvalue weighted by Crippen LogP contribution is -2.39. The maximum atomic E-state index is 12.0. The topological polar surface area (TPSA) is 79.2 Å². The van der Waals surface area contributed by atoms with Gasteiger partial charge in [-0.15, -0.1) is 0 Å². The van der Waals surface area contributed by atoms with Crippen molar-refractivity contribution in [3.8, 4) is 5.75 Å². The van der Waals surface area contributed by atoms with Crippen LogP contribution in [-0.2, 0) is 13.6 Å². The van der Waals surface area contributed by atoms with Crippen LogP contribution in [0.5, 0.6) is 5.75 Å². The molecule has 0 radical (unpaired) electrons. The molecule has 2 rings (SSSR count). The summed E-state index contributed by atoms with van der Waals surface area (Å²) in [5, 5.41) is 0. The second-order valence-corrected chi connectivity index (χ2v) is 5.01. The molecule has 2 aromatic rings. The minimum Gasteiger partial charge on any atom is -0.496 e. The first-order valence-corrected chi connectivity index (χ1v) is 6.62. The van der Waals surface area contributed by atoms with Gasteiger partial charge in [-0.3, -0.25) is 9.59 Å². The first-order chi connectivity index (χ1) is 9.93. The third-order valence-corrected chi connectivity index (χ3v) is 3.41. The highest BCUT2D eigenvalue weighted by Crippen LogP contribution is 2.23. The minimum absolute atomic E-state index is 0.116. The fourth-order valence-corrected chi connectivity index (χ4v) is 2.10. The lowest BCUT2D eigenvalue weighted by atomic mass is 10.0. The van der Waals surface area contributed by atoms with E-state index in [1.165, 1.54) is 9.13 Å². The monoisotopic (exact) mass is 289 g/mol. The largest absolute Gasteiger partial charge is 0.496 e. The van der Waals surface area contributed by atoms with E-state index in [9.17, 15) is 9.59 Å². The van der Waals surface area contributed by atoms with Crippen LogP contribution in [0.15, 0.2) is 40.2 Å². The van der Waals surface area contributed by atoms with Crippen molar-refractivity contribution < 1.29 is 4.74 Å². The van der Waals surface area contributed by atoms with E-state index < -0.39 is 11.1 Å². The fourth-order valence-electron chi connectivity index (χ4n) is 2.10. The number of nitrogens with two attached hydrogens (primary N) is 1. The van der Waals surface area contributed by atoms with Crippen LogP contribution in [0, 0.1) is 0 Å². The molecule has 1 heterocycles. The van der Waals surface area contributed by atoms with E-state index in [0.29, 0.717) is 5.75 Å². The molecule has 6 heteroatoms. The van der Waals surface area contributed by atoms with Gasteiger partial charge in [0.05, 0.1) is 13.7 Å². The molecule has 112 valence electrons. The molecule has 0 aliphatic carbocycles. The van der Waals surface area contributed by atoms with Gasteiger partial charge >= 0.3 is 11.1 Å². The summed E-state index contributed by atoms with van der Waals surface area (Å²) in [5.74, 6) is 0.659. The number of hydrogen-bond donors (Lipinski definition) is 1. The number of benzene rings is 1. The molecule has 0 aliphatic rings. The van der Waals surface area contributed by atoms with Crippen molar-refractivity contribution in [2.45, 2.75) is 19.5 Å². The normalized spacial score (nSPS) is 12.2. The van der Waals surface area contributed by atoms with Gasteiger partial charge in [-0.2, -0.15) is 0 Å². The van der Waals surface area contributed by atoms with Crippen LogP contribution in [0.2, 0.25) is 0 Å². The van der Waals surface area contributed by atoms with Crippen molar-refractivity contribution in [2.75, 3.05) is 7.11 Å². The Bertz CT molecular complexity index is 759. The van der Waals surface area contributed by atoms with Gasteiger partial charge in [-0.1, -0.05) is 6.07 Å². The van der Waals surface area contributed by atoms with Crippen molar-refractivity contribution in [2.24, 2.45) is 12.8 Å². The van der Waals surface area contributed by atoms with Gasteiger partial charge in [0.25, 0.3) is 0 Å². The van der Waals surface area contributed by atoms with Gasteiger partial charge in [0.2, 0.25) is 0 Å². The summed E-state index contributed by atoms with van der Waals surface area (Å²) >= 11 is 0. The minimum atomic E-state index is -0.562. The second kappa shape index (κ2) is 5.97. The van der Waals surface area contributed by atoms with Crippen LogP contribution in [0.4, 0.5) is 0 Å². The number of ether oxygens (including phenoxy) is 1. The van der Waals surface area contributed by atoms with Crippen LogP contribution < -0.4 is 21.6 Å². The van der Waals surface area contributed by atoms with Gasteiger partial charge in [0, 0.05) is 31.0 Å². The third-order valence-electron chi connectivity index (χ3n) is 3.41. The molecule has 6 nitrogen and oxygen atoms in total. The van der Waals surface area contributed by atoms with E-state index in [4.69, 9.17) is 10.5 Å². The number of nitrogens with zero attached hydrogens (tertiary/aromatic N) is 2. The predicted octanol–water partition coefficient (Wildman–Crippen LogP) is 0.624. The Morgan fingerprint density at radius 3 is 2.57 bits per heavy atom. The average Bonchev–Trinajstić information content (AvgIpc) is 2.47. The summed E-state index contributed by atoms with van der Waals surface area (Å²) in [4.78, 5) is 23.7. The zero-order chi connectivity index (χ0) is 15.6. The number of aryl methyl sites for hydroxylation is 1. The summed E-state index contributed by atoms with van der Waals surface area (Å²) in [6, 6.07) is 5.49. The molecule has 0 amide bonds. The molecule has 0 fully saturated rings. The zero-order valence-corrected chi connectivity index (χ0v) is 12.4. The predicted molar refractivity (Wildman–Crippen MR) is 80.6 cm³/mol. The van der Waals surface area contributed by atoms with Crippen LogP contribution in [0.1, 0.15) is 24.1 Å². The molecule has 1 aromatic heterocycles. The maximum absolute atomic E-state index is 12.0. The van der Waals surface area contributed by atoms with Crippen molar-refractivity contribution in [1.82, 2.24) is 9.13 Å². The van der Waals surface area contributed by atoms with Crippen LogP contribution in [0.3, 0.4) is 0 Å². The van der Waals surface area contributed by atoms with Gasteiger partial charge in [-0.05, 0) is 24.6 Å². The standard InChI is InChI=1S/C15H19N3O3/c1-10(16)11-4-5-13(21-3)12(8-11)9-18-7-6-17(2)14(19)15(18)20/h4-8,10H,9,16H2,1-3H3. The molecule has 0 saturated heterocycles. The van der Waals surface area contributed by atoms with Crippen molar-refractivity contribution in [3.63, 3.8) is 0 Å². The molecular weight excluding hydrogens is 270 g/mol.